The number of aliphatic carboxylic acids is 1. The molecule has 1 aliphatic heterocycles. The van der Waals surface area contributed by atoms with E-state index in [0.29, 0.717) is 25.9 Å². The van der Waals surface area contributed by atoms with Crippen molar-refractivity contribution in [2.75, 3.05) is 13.1 Å². The van der Waals surface area contributed by atoms with Crippen molar-refractivity contribution >= 4 is 27.8 Å². The number of carbonyl (C=O) groups excluding carboxylic acids is 1. The lowest BCUT2D eigenvalue weighted by atomic mass is 9.76. The summed E-state index contributed by atoms with van der Waals surface area (Å²) in [5, 5.41) is 9.55. The Balaban J connectivity index is 2.08. The predicted molar refractivity (Wildman–Crippen MR) is 88.7 cm³/mol. The Kier molecular flexibility index (Phi) is 4.95. The Labute approximate surface area is 139 Å². The molecular formula is C17H22BrNO3. The van der Waals surface area contributed by atoms with Crippen LogP contribution in [0, 0.1) is 18.3 Å². The zero-order valence-corrected chi connectivity index (χ0v) is 14.8. The Bertz CT molecular complexity index is 600. The normalized spacial score (nSPS) is 21.4. The highest BCUT2D eigenvalue weighted by molar-refractivity contribution is 9.10. The van der Waals surface area contributed by atoms with Gasteiger partial charge >= 0.3 is 5.97 Å². The van der Waals surface area contributed by atoms with Crippen LogP contribution in [0.2, 0.25) is 0 Å². The number of carboxylic acid groups (broad SMARTS) is 1. The van der Waals surface area contributed by atoms with Crippen LogP contribution in [0.5, 0.6) is 0 Å². The number of amides is 1. The molecule has 1 heterocycles. The van der Waals surface area contributed by atoms with Crippen LogP contribution in [-0.4, -0.2) is 35.0 Å². The first-order valence-electron chi connectivity index (χ1n) is 7.52. The molecule has 0 saturated carbocycles. The third-order valence-corrected chi connectivity index (χ3v) is 5.63. The third kappa shape index (κ3) is 3.19. The van der Waals surface area contributed by atoms with Crippen LogP contribution in [0.1, 0.15) is 31.4 Å². The number of hydrogen-bond donors (Lipinski definition) is 1. The van der Waals surface area contributed by atoms with Crippen molar-refractivity contribution < 1.29 is 14.7 Å². The van der Waals surface area contributed by atoms with E-state index in [2.05, 4.69) is 15.9 Å². The zero-order valence-electron chi connectivity index (χ0n) is 13.2. The van der Waals surface area contributed by atoms with Crippen molar-refractivity contribution in [2.45, 2.75) is 33.6 Å². The first-order valence-corrected chi connectivity index (χ1v) is 8.32. The lowest BCUT2D eigenvalue weighted by Gasteiger charge is -2.28. The Morgan fingerprint density at radius 1 is 1.41 bits per heavy atom. The fraction of sp³-hybridized carbons (Fsp3) is 0.529. The van der Waals surface area contributed by atoms with Crippen LogP contribution in [-0.2, 0) is 16.0 Å². The molecule has 1 N–H and O–H groups in total. The monoisotopic (exact) mass is 367 g/mol. The maximum absolute atomic E-state index is 12.5. The molecule has 0 spiro atoms. The molecule has 0 aliphatic carbocycles. The number of carboxylic acids is 1. The van der Waals surface area contributed by atoms with E-state index < -0.39 is 11.4 Å². The summed E-state index contributed by atoms with van der Waals surface area (Å²) >= 11 is 3.47. The fourth-order valence-corrected chi connectivity index (χ4v) is 3.40. The molecule has 1 fully saturated rings. The van der Waals surface area contributed by atoms with Crippen molar-refractivity contribution in [3.05, 3.63) is 33.8 Å². The molecule has 1 unspecified atom stereocenters. The molecule has 5 heteroatoms. The summed E-state index contributed by atoms with van der Waals surface area (Å²) in [7, 11) is 0. The summed E-state index contributed by atoms with van der Waals surface area (Å²) in [5.74, 6) is -0.785. The van der Waals surface area contributed by atoms with Crippen LogP contribution in [0.4, 0.5) is 0 Å². The summed E-state index contributed by atoms with van der Waals surface area (Å²) in [6.07, 6.45) is 0.843. The van der Waals surface area contributed by atoms with Crippen molar-refractivity contribution in [2.24, 2.45) is 11.3 Å². The van der Waals surface area contributed by atoms with Gasteiger partial charge in [-0.2, -0.15) is 0 Å². The molecule has 120 valence electrons. The number of hydrogen-bond acceptors (Lipinski definition) is 2. The van der Waals surface area contributed by atoms with Gasteiger partial charge in [0.2, 0.25) is 5.91 Å². The third-order valence-electron chi connectivity index (χ3n) is 4.78. The minimum absolute atomic E-state index is 0.000437. The summed E-state index contributed by atoms with van der Waals surface area (Å²) in [5.41, 5.74) is 1.27. The van der Waals surface area contributed by atoms with Crippen LogP contribution >= 0.6 is 15.9 Å². The van der Waals surface area contributed by atoms with E-state index in [1.165, 1.54) is 0 Å². The van der Waals surface area contributed by atoms with Gasteiger partial charge in [-0.1, -0.05) is 41.9 Å². The van der Waals surface area contributed by atoms with E-state index in [1.807, 2.05) is 39.0 Å². The first kappa shape index (κ1) is 17.0. The smallest absolute Gasteiger partial charge is 0.311 e. The first-order chi connectivity index (χ1) is 10.3. The fourth-order valence-electron chi connectivity index (χ4n) is 2.97. The molecule has 1 amide bonds. The second kappa shape index (κ2) is 6.41. The largest absolute Gasteiger partial charge is 0.481 e. The molecule has 1 saturated heterocycles. The second-order valence-electron chi connectivity index (χ2n) is 6.44. The van der Waals surface area contributed by atoms with E-state index in [4.69, 9.17) is 0 Å². The molecule has 22 heavy (non-hydrogen) atoms. The van der Waals surface area contributed by atoms with Crippen LogP contribution in [0.15, 0.2) is 22.7 Å². The minimum Gasteiger partial charge on any atom is -0.481 e. The van der Waals surface area contributed by atoms with E-state index in [1.54, 1.807) is 4.90 Å². The quantitative estimate of drug-likeness (QED) is 0.888. The van der Waals surface area contributed by atoms with E-state index in [0.717, 1.165) is 15.6 Å². The Hall–Kier alpha value is -1.36. The number of halogens is 1. The maximum atomic E-state index is 12.5. The highest BCUT2D eigenvalue weighted by Gasteiger charge is 2.48. The molecule has 1 aromatic carbocycles. The zero-order chi connectivity index (χ0) is 16.5. The van der Waals surface area contributed by atoms with Gasteiger partial charge in [-0.15, -0.1) is 0 Å². The number of rotatable bonds is 4. The molecule has 1 aliphatic rings. The maximum Gasteiger partial charge on any atom is 0.311 e. The lowest BCUT2D eigenvalue weighted by molar-refractivity contribution is -0.151. The number of likely N-dealkylation sites (tertiary alicyclic amines) is 1. The van der Waals surface area contributed by atoms with Crippen LogP contribution in [0.3, 0.4) is 0 Å². The van der Waals surface area contributed by atoms with Gasteiger partial charge in [0, 0.05) is 17.6 Å². The second-order valence-corrected chi connectivity index (χ2v) is 7.30. The van der Waals surface area contributed by atoms with Gasteiger partial charge in [0.1, 0.15) is 0 Å². The highest BCUT2D eigenvalue weighted by Crippen LogP contribution is 2.38. The molecule has 0 radical (unpaired) electrons. The van der Waals surface area contributed by atoms with Crippen molar-refractivity contribution in [1.82, 2.24) is 4.90 Å². The van der Waals surface area contributed by atoms with Gasteiger partial charge in [-0.3, -0.25) is 9.59 Å². The van der Waals surface area contributed by atoms with Gasteiger partial charge in [-0.25, -0.2) is 0 Å². The van der Waals surface area contributed by atoms with Crippen molar-refractivity contribution in [1.29, 1.82) is 0 Å². The number of benzene rings is 1. The topological polar surface area (TPSA) is 57.6 Å². The molecule has 1 aromatic rings. The SMILES string of the molecule is Cc1ccc(CC(=O)N2CCC(C(=O)O)(C(C)C)C2)cc1Br. The molecule has 0 aromatic heterocycles. The van der Waals surface area contributed by atoms with Gasteiger partial charge in [0.25, 0.3) is 0 Å². The molecule has 1 atom stereocenters. The number of nitrogens with zero attached hydrogens (tertiary/aromatic N) is 1. The summed E-state index contributed by atoms with van der Waals surface area (Å²) in [4.78, 5) is 25.8. The Morgan fingerprint density at radius 2 is 2.09 bits per heavy atom. The van der Waals surface area contributed by atoms with Gasteiger partial charge in [0.05, 0.1) is 11.8 Å². The molecule has 0 bridgehead atoms. The average Bonchev–Trinajstić information content (AvgIpc) is 2.89. The summed E-state index contributed by atoms with van der Waals surface area (Å²) in [6.45, 7) is 6.67. The van der Waals surface area contributed by atoms with E-state index in [9.17, 15) is 14.7 Å². The summed E-state index contributed by atoms with van der Waals surface area (Å²) < 4.78 is 0.987. The summed E-state index contributed by atoms with van der Waals surface area (Å²) in [6, 6.07) is 5.88. The van der Waals surface area contributed by atoms with Gasteiger partial charge < -0.3 is 10.0 Å². The lowest BCUT2D eigenvalue weighted by Crippen LogP contribution is -2.41. The Morgan fingerprint density at radius 3 is 2.59 bits per heavy atom. The van der Waals surface area contributed by atoms with E-state index in [-0.39, 0.29) is 11.8 Å². The van der Waals surface area contributed by atoms with Crippen molar-refractivity contribution in [3.8, 4) is 0 Å². The minimum atomic E-state index is -0.802. The number of carbonyl (C=O) groups is 2. The molecular weight excluding hydrogens is 346 g/mol. The van der Waals surface area contributed by atoms with Crippen molar-refractivity contribution in [3.63, 3.8) is 0 Å². The van der Waals surface area contributed by atoms with Crippen LogP contribution < -0.4 is 0 Å². The number of aryl methyl sites for hydroxylation is 1. The standard InChI is InChI=1S/C17H22BrNO3/c1-11(2)17(16(21)22)6-7-19(10-17)15(20)9-13-5-4-12(3)14(18)8-13/h4-5,8,11H,6-7,9-10H2,1-3H3,(H,21,22). The van der Waals surface area contributed by atoms with Gasteiger partial charge in [0.15, 0.2) is 0 Å². The van der Waals surface area contributed by atoms with Crippen LogP contribution in [0.25, 0.3) is 0 Å². The van der Waals surface area contributed by atoms with Gasteiger partial charge in [-0.05, 0) is 36.5 Å². The molecule has 2 rings (SSSR count). The average molecular weight is 368 g/mol. The highest BCUT2D eigenvalue weighted by atomic mass is 79.9. The predicted octanol–water partition coefficient (Wildman–Crippen LogP) is 3.26. The van der Waals surface area contributed by atoms with E-state index >= 15 is 0 Å². The molecule has 4 nitrogen and oxygen atoms in total.